The molecule has 1 atom stereocenters. The van der Waals surface area contributed by atoms with Gasteiger partial charge in [-0.05, 0) is 44.4 Å². The number of carbonyl (C=O) groups is 1. The minimum atomic E-state index is -0.144. The second-order valence-electron chi connectivity index (χ2n) is 4.54. The van der Waals surface area contributed by atoms with Gasteiger partial charge in [-0.2, -0.15) is 0 Å². The Hall–Kier alpha value is -1.35. The molecular formula is C14H21NO2. The summed E-state index contributed by atoms with van der Waals surface area (Å²) in [5, 5.41) is 0. The average molecular weight is 235 g/mol. The lowest BCUT2D eigenvalue weighted by Crippen LogP contribution is -2.14. The van der Waals surface area contributed by atoms with Crippen LogP contribution in [0.15, 0.2) is 12.1 Å². The van der Waals surface area contributed by atoms with Crippen molar-refractivity contribution in [2.75, 3.05) is 7.11 Å². The number of carbonyl (C=O) groups excluding carboxylic acids is 1. The summed E-state index contributed by atoms with van der Waals surface area (Å²) in [6.45, 7) is 5.64. The standard InChI is InChI=1S/C14H21NO2/c1-9-7-10(2)14(13(8-9)17-4)12(15)6-5-11(3)16/h7-8,12H,5-6,15H2,1-4H3. The Morgan fingerprint density at radius 2 is 2.06 bits per heavy atom. The number of rotatable bonds is 5. The van der Waals surface area contributed by atoms with Crippen LogP contribution in [-0.4, -0.2) is 12.9 Å². The lowest BCUT2D eigenvalue weighted by molar-refractivity contribution is -0.117. The van der Waals surface area contributed by atoms with E-state index in [-0.39, 0.29) is 11.8 Å². The zero-order valence-corrected chi connectivity index (χ0v) is 11.0. The van der Waals surface area contributed by atoms with Crippen LogP contribution < -0.4 is 10.5 Å². The van der Waals surface area contributed by atoms with Crippen LogP contribution in [0.5, 0.6) is 5.75 Å². The van der Waals surface area contributed by atoms with E-state index in [1.807, 2.05) is 19.9 Å². The fraction of sp³-hybridized carbons (Fsp3) is 0.500. The van der Waals surface area contributed by atoms with Crippen molar-refractivity contribution in [3.05, 3.63) is 28.8 Å². The number of aryl methyl sites for hydroxylation is 2. The molecular weight excluding hydrogens is 214 g/mol. The molecule has 0 aliphatic carbocycles. The Morgan fingerprint density at radius 3 is 2.59 bits per heavy atom. The molecule has 0 spiro atoms. The molecule has 0 aliphatic rings. The second-order valence-corrected chi connectivity index (χ2v) is 4.54. The number of ketones is 1. The maximum Gasteiger partial charge on any atom is 0.129 e. The number of methoxy groups -OCH3 is 1. The number of benzene rings is 1. The monoisotopic (exact) mass is 235 g/mol. The molecule has 3 nitrogen and oxygen atoms in total. The molecule has 2 N–H and O–H groups in total. The summed E-state index contributed by atoms with van der Waals surface area (Å²) in [6, 6.07) is 3.93. The van der Waals surface area contributed by atoms with E-state index in [0.717, 1.165) is 22.4 Å². The molecule has 1 rings (SSSR count). The third kappa shape index (κ3) is 3.56. The average Bonchev–Trinajstić information content (AvgIpc) is 2.24. The molecule has 0 aliphatic heterocycles. The van der Waals surface area contributed by atoms with Gasteiger partial charge in [-0.15, -0.1) is 0 Å². The summed E-state index contributed by atoms with van der Waals surface area (Å²) in [5.41, 5.74) is 9.43. The highest BCUT2D eigenvalue weighted by Crippen LogP contribution is 2.30. The first-order valence-corrected chi connectivity index (χ1v) is 5.86. The molecule has 0 bridgehead atoms. The van der Waals surface area contributed by atoms with Crippen LogP contribution >= 0.6 is 0 Å². The Morgan fingerprint density at radius 1 is 1.41 bits per heavy atom. The minimum absolute atomic E-state index is 0.144. The molecule has 1 aromatic carbocycles. The molecule has 0 saturated heterocycles. The van der Waals surface area contributed by atoms with Crippen LogP contribution in [0.1, 0.15) is 42.5 Å². The lowest BCUT2D eigenvalue weighted by Gasteiger charge is -2.18. The molecule has 0 saturated carbocycles. The SMILES string of the molecule is COc1cc(C)cc(C)c1C(N)CCC(C)=O. The molecule has 94 valence electrons. The van der Waals surface area contributed by atoms with E-state index >= 15 is 0 Å². The van der Waals surface area contributed by atoms with Crippen LogP contribution in [0, 0.1) is 13.8 Å². The third-order valence-corrected chi connectivity index (χ3v) is 2.89. The van der Waals surface area contributed by atoms with Gasteiger partial charge in [0.25, 0.3) is 0 Å². The van der Waals surface area contributed by atoms with E-state index in [0.29, 0.717) is 12.8 Å². The van der Waals surface area contributed by atoms with Crippen LogP contribution in [0.3, 0.4) is 0 Å². The van der Waals surface area contributed by atoms with Gasteiger partial charge in [0, 0.05) is 18.0 Å². The summed E-state index contributed by atoms with van der Waals surface area (Å²) in [5.74, 6) is 0.989. The van der Waals surface area contributed by atoms with Gasteiger partial charge in [-0.1, -0.05) is 6.07 Å². The summed E-state index contributed by atoms with van der Waals surface area (Å²) < 4.78 is 5.37. The van der Waals surface area contributed by atoms with Gasteiger partial charge >= 0.3 is 0 Å². The number of Topliss-reactive ketones (excluding diaryl/α,β-unsaturated/α-hetero) is 1. The van der Waals surface area contributed by atoms with Gasteiger partial charge in [0.15, 0.2) is 0 Å². The minimum Gasteiger partial charge on any atom is -0.496 e. The van der Waals surface area contributed by atoms with E-state index in [1.165, 1.54) is 0 Å². The van der Waals surface area contributed by atoms with E-state index in [4.69, 9.17) is 10.5 Å². The zero-order chi connectivity index (χ0) is 13.0. The van der Waals surface area contributed by atoms with Gasteiger partial charge in [0.2, 0.25) is 0 Å². The predicted molar refractivity (Wildman–Crippen MR) is 69.3 cm³/mol. The molecule has 17 heavy (non-hydrogen) atoms. The molecule has 1 unspecified atom stereocenters. The molecule has 0 radical (unpaired) electrons. The number of nitrogens with two attached hydrogens (primary N) is 1. The van der Waals surface area contributed by atoms with Crippen molar-refractivity contribution in [1.82, 2.24) is 0 Å². The fourth-order valence-electron chi connectivity index (χ4n) is 2.09. The maximum atomic E-state index is 11.0. The first kappa shape index (κ1) is 13.7. The summed E-state index contributed by atoms with van der Waals surface area (Å²) in [6.07, 6.45) is 1.17. The van der Waals surface area contributed by atoms with Crippen LogP contribution in [-0.2, 0) is 4.79 Å². The van der Waals surface area contributed by atoms with E-state index in [9.17, 15) is 4.79 Å². The van der Waals surface area contributed by atoms with Crippen molar-refractivity contribution in [3.63, 3.8) is 0 Å². The largest absolute Gasteiger partial charge is 0.496 e. The molecule has 0 aromatic heterocycles. The van der Waals surface area contributed by atoms with Crippen molar-refractivity contribution in [1.29, 1.82) is 0 Å². The highest BCUT2D eigenvalue weighted by Gasteiger charge is 2.15. The summed E-state index contributed by atoms with van der Waals surface area (Å²) >= 11 is 0. The van der Waals surface area contributed by atoms with Crippen molar-refractivity contribution in [2.45, 2.75) is 39.7 Å². The van der Waals surface area contributed by atoms with Gasteiger partial charge in [-0.25, -0.2) is 0 Å². The summed E-state index contributed by atoms with van der Waals surface area (Å²) in [7, 11) is 1.65. The van der Waals surface area contributed by atoms with E-state index in [1.54, 1.807) is 14.0 Å². The predicted octanol–water partition coefficient (Wildman–Crippen LogP) is 2.68. The van der Waals surface area contributed by atoms with Crippen molar-refractivity contribution < 1.29 is 9.53 Å². The van der Waals surface area contributed by atoms with Crippen LogP contribution in [0.4, 0.5) is 0 Å². The van der Waals surface area contributed by atoms with Gasteiger partial charge in [-0.3, -0.25) is 0 Å². The summed E-state index contributed by atoms with van der Waals surface area (Å²) in [4.78, 5) is 11.0. The Bertz CT molecular complexity index is 413. The molecule has 0 heterocycles. The zero-order valence-electron chi connectivity index (χ0n) is 11.0. The lowest BCUT2D eigenvalue weighted by atomic mass is 9.95. The van der Waals surface area contributed by atoms with Crippen molar-refractivity contribution >= 4 is 5.78 Å². The smallest absolute Gasteiger partial charge is 0.129 e. The topological polar surface area (TPSA) is 52.3 Å². The van der Waals surface area contributed by atoms with E-state index < -0.39 is 0 Å². The van der Waals surface area contributed by atoms with E-state index in [2.05, 4.69) is 6.07 Å². The quantitative estimate of drug-likeness (QED) is 0.853. The maximum absolute atomic E-state index is 11.0. The van der Waals surface area contributed by atoms with Gasteiger partial charge < -0.3 is 15.3 Å². The highest BCUT2D eigenvalue weighted by molar-refractivity contribution is 5.75. The van der Waals surface area contributed by atoms with Gasteiger partial charge in [0.1, 0.15) is 11.5 Å². The fourth-order valence-corrected chi connectivity index (χ4v) is 2.09. The molecule has 3 heteroatoms. The Kier molecular flexibility index (Phi) is 4.70. The molecule has 1 aromatic rings. The molecule has 0 fully saturated rings. The van der Waals surface area contributed by atoms with Crippen LogP contribution in [0.2, 0.25) is 0 Å². The number of hydrogen-bond acceptors (Lipinski definition) is 3. The van der Waals surface area contributed by atoms with Gasteiger partial charge in [0.05, 0.1) is 7.11 Å². The Balaban J connectivity index is 2.99. The number of ether oxygens (including phenoxy) is 1. The number of hydrogen-bond donors (Lipinski definition) is 1. The van der Waals surface area contributed by atoms with Crippen molar-refractivity contribution in [2.24, 2.45) is 5.73 Å². The normalized spacial score (nSPS) is 12.3. The highest BCUT2D eigenvalue weighted by atomic mass is 16.5. The Labute approximate surface area is 103 Å². The second kappa shape index (κ2) is 5.82. The third-order valence-electron chi connectivity index (χ3n) is 2.89. The van der Waals surface area contributed by atoms with Crippen LogP contribution in [0.25, 0.3) is 0 Å². The first-order valence-electron chi connectivity index (χ1n) is 5.86. The first-order chi connectivity index (χ1) is 7.95. The molecule has 0 amide bonds. The van der Waals surface area contributed by atoms with Crippen molar-refractivity contribution in [3.8, 4) is 5.75 Å².